The standard InChI is InChI=1S/C25H23ClN2O3S/c26-21-8-4-5-9-22(21)31-15-14-27-24(30)19-10-12-20(13-11-19)25-28(23(29)17-32-25)16-18-6-2-1-3-7-18/h1-13,25H,14-17H2,(H,27,30)/t25-/m1/s1. The lowest BCUT2D eigenvalue weighted by Gasteiger charge is -2.24. The highest BCUT2D eigenvalue weighted by Crippen LogP contribution is 2.39. The molecule has 4 rings (SSSR count). The summed E-state index contributed by atoms with van der Waals surface area (Å²) in [4.78, 5) is 26.8. The van der Waals surface area contributed by atoms with Gasteiger partial charge in [0, 0.05) is 12.1 Å². The fraction of sp³-hybridized carbons (Fsp3) is 0.200. The van der Waals surface area contributed by atoms with Gasteiger partial charge in [0.25, 0.3) is 5.91 Å². The van der Waals surface area contributed by atoms with Gasteiger partial charge in [-0.3, -0.25) is 9.59 Å². The van der Waals surface area contributed by atoms with Crippen LogP contribution in [-0.4, -0.2) is 35.6 Å². The first-order chi connectivity index (χ1) is 15.6. The molecule has 1 heterocycles. The third-order valence-electron chi connectivity index (χ3n) is 5.10. The molecule has 0 bridgehead atoms. The largest absolute Gasteiger partial charge is 0.490 e. The van der Waals surface area contributed by atoms with E-state index in [9.17, 15) is 9.59 Å². The van der Waals surface area contributed by atoms with Crippen LogP contribution >= 0.6 is 23.4 Å². The van der Waals surface area contributed by atoms with Gasteiger partial charge in [0.2, 0.25) is 5.91 Å². The summed E-state index contributed by atoms with van der Waals surface area (Å²) in [6.07, 6.45) is 0. The first-order valence-electron chi connectivity index (χ1n) is 10.3. The normalized spacial score (nSPS) is 15.6. The second kappa shape index (κ2) is 10.6. The quantitative estimate of drug-likeness (QED) is 0.478. The molecule has 1 aliphatic rings. The van der Waals surface area contributed by atoms with Crippen LogP contribution in [0.25, 0.3) is 0 Å². The van der Waals surface area contributed by atoms with Crippen molar-refractivity contribution in [3.05, 3.63) is 101 Å². The number of carbonyl (C=O) groups is 2. The van der Waals surface area contributed by atoms with E-state index < -0.39 is 0 Å². The van der Waals surface area contributed by atoms with Crippen LogP contribution in [0, 0.1) is 0 Å². The topological polar surface area (TPSA) is 58.6 Å². The van der Waals surface area contributed by atoms with Crippen molar-refractivity contribution < 1.29 is 14.3 Å². The Bertz CT molecular complexity index is 1080. The number of ether oxygens (including phenoxy) is 1. The minimum absolute atomic E-state index is 0.0520. The maximum Gasteiger partial charge on any atom is 0.251 e. The average molecular weight is 467 g/mol. The Hall–Kier alpha value is -2.96. The van der Waals surface area contributed by atoms with Crippen LogP contribution in [0.15, 0.2) is 78.9 Å². The van der Waals surface area contributed by atoms with Crippen molar-refractivity contribution in [3.63, 3.8) is 0 Å². The molecule has 0 aromatic heterocycles. The van der Waals surface area contributed by atoms with E-state index in [1.54, 1.807) is 36.0 Å². The van der Waals surface area contributed by atoms with Crippen molar-refractivity contribution in [3.8, 4) is 5.75 Å². The van der Waals surface area contributed by atoms with Crippen LogP contribution in [0.3, 0.4) is 0 Å². The molecule has 1 saturated heterocycles. The number of benzene rings is 3. The summed E-state index contributed by atoms with van der Waals surface area (Å²) in [5, 5.41) is 3.34. The van der Waals surface area contributed by atoms with Crippen molar-refractivity contribution in [2.75, 3.05) is 18.9 Å². The van der Waals surface area contributed by atoms with Crippen LogP contribution in [0.2, 0.25) is 5.02 Å². The lowest BCUT2D eigenvalue weighted by atomic mass is 10.1. The molecule has 1 aliphatic heterocycles. The molecule has 5 nitrogen and oxygen atoms in total. The molecule has 0 aliphatic carbocycles. The van der Waals surface area contributed by atoms with Crippen molar-refractivity contribution in [2.24, 2.45) is 0 Å². The zero-order chi connectivity index (χ0) is 22.3. The van der Waals surface area contributed by atoms with Crippen LogP contribution in [0.1, 0.15) is 26.9 Å². The van der Waals surface area contributed by atoms with E-state index in [2.05, 4.69) is 5.32 Å². The Morgan fingerprint density at radius 3 is 2.50 bits per heavy atom. The maximum atomic E-state index is 12.5. The van der Waals surface area contributed by atoms with Gasteiger partial charge in [-0.25, -0.2) is 0 Å². The zero-order valence-electron chi connectivity index (χ0n) is 17.4. The number of carbonyl (C=O) groups excluding carboxylic acids is 2. The Morgan fingerprint density at radius 2 is 1.75 bits per heavy atom. The summed E-state index contributed by atoms with van der Waals surface area (Å²) in [7, 11) is 0. The van der Waals surface area contributed by atoms with Gasteiger partial charge < -0.3 is 15.0 Å². The van der Waals surface area contributed by atoms with Gasteiger partial charge in [-0.2, -0.15) is 0 Å². The van der Waals surface area contributed by atoms with Crippen LogP contribution in [0.4, 0.5) is 0 Å². The predicted molar refractivity (Wildman–Crippen MR) is 128 cm³/mol. The third kappa shape index (κ3) is 5.44. The average Bonchev–Trinajstić information content (AvgIpc) is 3.18. The Balaban J connectivity index is 1.32. The molecular formula is C25H23ClN2O3S. The molecule has 1 atom stereocenters. The molecule has 0 saturated carbocycles. The number of nitrogens with zero attached hydrogens (tertiary/aromatic N) is 1. The molecule has 3 aromatic carbocycles. The number of thioether (sulfide) groups is 1. The smallest absolute Gasteiger partial charge is 0.251 e. The van der Waals surface area contributed by atoms with Crippen molar-refractivity contribution in [1.82, 2.24) is 10.2 Å². The van der Waals surface area contributed by atoms with Crippen molar-refractivity contribution in [1.29, 1.82) is 0 Å². The highest BCUT2D eigenvalue weighted by molar-refractivity contribution is 8.00. The number of para-hydroxylation sites is 1. The summed E-state index contributed by atoms with van der Waals surface area (Å²) in [5.74, 6) is 1.02. The monoisotopic (exact) mass is 466 g/mol. The summed E-state index contributed by atoms with van der Waals surface area (Å²) in [6.45, 7) is 1.26. The van der Waals surface area contributed by atoms with Gasteiger partial charge in [0.05, 0.1) is 17.3 Å². The molecule has 3 aromatic rings. The van der Waals surface area contributed by atoms with Gasteiger partial charge in [0.1, 0.15) is 17.7 Å². The molecule has 7 heteroatoms. The number of rotatable bonds is 8. The first-order valence-corrected chi connectivity index (χ1v) is 11.7. The molecule has 0 spiro atoms. The summed E-state index contributed by atoms with van der Waals surface area (Å²) >= 11 is 7.67. The molecule has 164 valence electrons. The van der Waals surface area contributed by atoms with E-state index in [1.165, 1.54) is 0 Å². The summed E-state index contributed by atoms with van der Waals surface area (Å²) in [6, 6.07) is 24.6. The van der Waals surface area contributed by atoms with Gasteiger partial charge >= 0.3 is 0 Å². The van der Waals surface area contributed by atoms with Crippen LogP contribution < -0.4 is 10.1 Å². The van der Waals surface area contributed by atoms with E-state index >= 15 is 0 Å². The SMILES string of the molecule is O=C(NCCOc1ccccc1Cl)c1ccc([C@H]2SCC(=O)N2Cc2ccccc2)cc1. The number of hydrogen-bond donors (Lipinski definition) is 1. The number of amides is 2. The number of hydrogen-bond acceptors (Lipinski definition) is 4. The minimum Gasteiger partial charge on any atom is -0.490 e. The van der Waals surface area contributed by atoms with Gasteiger partial charge in [0.15, 0.2) is 0 Å². The van der Waals surface area contributed by atoms with Gasteiger partial charge in [-0.15, -0.1) is 11.8 Å². The molecule has 0 radical (unpaired) electrons. The van der Waals surface area contributed by atoms with Crippen molar-refractivity contribution in [2.45, 2.75) is 11.9 Å². The summed E-state index contributed by atoms with van der Waals surface area (Å²) in [5.41, 5.74) is 2.68. The van der Waals surface area contributed by atoms with E-state index in [0.717, 1.165) is 11.1 Å². The Morgan fingerprint density at radius 1 is 1.03 bits per heavy atom. The highest BCUT2D eigenvalue weighted by Gasteiger charge is 2.32. The van der Waals surface area contributed by atoms with E-state index in [4.69, 9.17) is 16.3 Å². The van der Waals surface area contributed by atoms with E-state index in [1.807, 2.05) is 59.5 Å². The molecular weight excluding hydrogens is 444 g/mol. The minimum atomic E-state index is -0.171. The first kappa shape index (κ1) is 22.2. The lowest BCUT2D eigenvalue weighted by Crippen LogP contribution is -2.28. The molecule has 1 fully saturated rings. The van der Waals surface area contributed by atoms with Crippen LogP contribution in [0.5, 0.6) is 5.75 Å². The molecule has 0 unspecified atom stereocenters. The van der Waals surface area contributed by atoms with Gasteiger partial charge in [-0.05, 0) is 35.4 Å². The number of halogens is 1. The van der Waals surface area contributed by atoms with Crippen molar-refractivity contribution >= 4 is 35.2 Å². The Kier molecular flexibility index (Phi) is 7.35. The van der Waals surface area contributed by atoms with Gasteiger partial charge in [-0.1, -0.05) is 66.2 Å². The van der Waals surface area contributed by atoms with E-state index in [-0.39, 0.29) is 17.2 Å². The molecule has 2 amide bonds. The second-order valence-electron chi connectivity index (χ2n) is 7.33. The lowest BCUT2D eigenvalue weighted by molar-refractivity contribution is -0.128. The Labute approximate surface area is 196 Å². The maximum absolute atomic E-state index is 12.5. The third-order valence-corrected chi connectivity index (χ3v) is 6.67. The predicted octanol–water partition coefficient (Wildman–Crippen LogP) is 4.92. The van der Waals surface area contributed by atoms with Crippen LogP contribution in [-0.2, 0) is 11.3 Å². The zero-order valence-corrected chi connectivity index (χ0v) is 18.9. The highest BCUT2D eigenvalue weighted by atomic mass is 35.5. The fourth-order valence-electron chi connectivity index (χ4n) is 3.47. The van der Waals surface area contributed by atoms with E-state index in [0.29, 0.717) is 41.8 Å². The molecule has 32 heavy (non-hydrogen) atoms. The second-order valence-corrected chi connectivity index (χ2v) is 8.80. The summed E-state index contributed by atoms with van der Waals surface area (Å²) < 4.78 is 5.59. The number of nitrogens with one attached hydrogen (secondary N) is 1. The fourth-order valence-corrected chi connectivity index (χ4v) is 4.85. The molecule has 1 N–H and O–H groups in total.